The number of nitrogens with zero attached hydrogens (tertiary/aromatic N) is 4. The van der Waals surface area contributed by atoms with E-state index in [9.17, 15) is 4.39 Å². The highest BCUT2D eigenvalue weighted by atomic mass is 19.1. The van der Waals surface area contributed by atoms with Crippen molar-refractivity contribution in [2.75, 3.05) is 18.7 Å². The van der Waals surface area contributed by atoms with Gasteiger partial charge >= 0.3 is 7.32 Å². The lowest BCUT2D eigenvalue weighted by Gasteiger charge is -2.21. The third-order valence-electron chi connectivity index (χ3n) is 4.13. The summed E-state index contributed by atoms with van der Waals surface area (Å²) in [5.41, 5.74) is 1.19. The molecule has 1 heterocycles. The van der Waals surface area contributed by atoms with E-state index >= 15 is 0 Å². The van der Waals surface area contributed by atoms with Gasteiger partial charge in [0.05, 0.1) is 18.8 Å². The highest BCUT2D eigenvalue weighted by molar-refractivity contribution is 6.33. The van der Waals surface area contributed by atoms with Crippen LogP contribution in [0.15, 0.2) is 47.8 Å². The molecule has 2 N–H and O–H groups in total. The van der Waals surface area contributed by atoms with E-state index < -0.39 is 7.32 Å². The van der Waals surface area contributed by atoms with Crippen LogP contribution in [0.5, 0.6) is 11.5 Å². The summed E-state index contributed by atoms with van der Waals surface area (Å²) in [5, 5.41) is 25.0. The van der Waals surface area contributed by atoms with Gasteiger partial charge in [-0.1, -0.05) is 13.8 Å². The molecule has 3 aromatic rings. The van der Waals surface area contributed by atoms with Crippen LogP contribution in [0.4, 0.5) is 10.2 Å². The molecule has 0 radical (unpaired) electrons. The van der Waals surface area contributed by atoms with Crippen molar-refractivity contribution in [2.45, 2.75) is 13.8 Å². The number of rotatable bonds is 8. The molecule has 0 aliphatic carbocycles. The second kappa shape index (κ2) is 9.51. The predicted octanol–water partition coefficient (Wildman–Crippen LogP) is 2.62. The van der Waals surface area contributed by atoms with Crippen LogP contribution < -0.4 is 14.4 Å². The first-order chi connectivity index (χ1) is 14.4. The summed E-state index contributed by atoms with van der Waals surface area (Å²) in [7, 11) is -0.500. The molecule has 0 unspecified atom stereocenters. The van der Waals surface area contributed by atoms with Crippen molar-refractivity contribution in [3.05, 3.63) is 54.1 Å². The Hall–Kier alpha value is -3.24. The minimum Gasteiger partial charge on any atom is -0.509 e. The fourth-order valence-electron chi connectivity index (χ4n) is 2.87. The highest BCUT2D eigenvalue weighted by Crippen LogP contribution is 2.28. The second-order valence-corrected chi connectivity index (χ2v) is 6.93. The van der Waals surface area contributed by atoms with Gasteiger partial charge in [-0.3, -0.25) is 0 Å². The molecule has 0 atom stereocenters. The van der Waals surface area contributed by atoms with E-state index in [1.165, 1.54) is 25.6 Å². The topological polar surface area (TPSA) is 100 Å². The molecule has 10 heteroatoms. The molecule has 1 aromatic heterocycles. The van der Waals surface area contributed by atoms with E-state index in [0.717, 1.165) is 0 Å². The Labute approximate surface area is 173 Å². The number of anilines is 1. The van der Waals surface area contributed by atoms with E-state index in [1.54, 1.807) is 35.5 Å². The van der Waals surface area contributed by atoms with E-state index in [2.05, 4.69) is 28.9 Å². The zero-order valence-corrected chi connectivity index (χ0v) is 16.9. The molecule has 0 aliphatic rings. The summed E-state index contributed by atoms with van der Waals surface area (Å²) in [4.78, 5) is 8.50. The van der Waals surface area contributed by atoms with Crippen LogP contribution in [0.3, 0.4) is 0 Å². The highest BCUT2D eigenvalue weighted by Gasteiger charge is 2.16. The summed E-state index contributed by atoms with van der Waals surface area (Å²) in [6.45, 7) is 4.69. The Morgan fingerprint density at radius 2 is 1.97 bits per heavy atom. The summed E-state index contributed by atoms with van der Waals surface area (Å²) in [6, 6.07) is 9.27. The number of benzene rings is 2. The Morgan fingerprint density at radius 1 is 1.17 bits per heavy atom. The molecule has 0 bridgehead atoms. The standard InChI is InChI=1S/C20H22BFN4O4/c1-13(2)11-26(20-16-6-5-15(22)9-17(16)23-12-24-20)25-10-14-4-7-18(30-21(27)28)19(8-14)29-3/h4-10,12-13,27-28H,11H2,1-3H3/b25-10+. The average molecular weight is 412 g/mol. The smallest absolute Gasteiger partial charge is 0.509 e. The minimum atomic E-state index is -1.95. The SMILES string of the molecule is COc1cc(/C=N/N(CC(C)C)c2ncnc3cc(F)ccc23)ccc1OB(O)O. The van der Waals surface area contributed by atoms with Crippen molar-refractivity contribution in [2.24, 2.45) is 11.0 Å². The first kappa shape index (κ1) is 21.5. The molecule has 8 nitrogen and oxygen atoms in total. The molecule has 0 aliphatic heterocycles. The Kier molecular flexibility index (Phi) is 6.81. The maximum Gasteiger partial charge on any atom is 0.707 e. The lowest BCUT2D eigenvalue weighted by atomic mass is 10.2. The van der Waals surface area contributed by atoms with Gasteiger partial charge in [0.1, 0.15) is 17.9 Å². The van der Waals surface area contributed by atoms with Crippen molar-refractivity contribution >= 4 is 30.3 Å². The third kappa shape index (κ3) is 5.22. The van der Waals surface area contributed by atoms with Crippen molar-refractivity contribution in [1.29, 1.82) is 0 Å². The zero-order valence-electron chi connectivity index (χ0n) is 16.9. The number of ether oxygens (including phenoxy) is 1. The van der Waals surface area contributed by atoms with Crippen LogP contribution in [-0.2, 0) is 0 Å². The maximum absolute atomic E-state index is 13.6. The van der Waals surface area contributed by atoms with Crippen molar-refractivity contribution in [3.63, 3.8) is 0 Å². The molecular weight excluding hydrogens is 390 g/mol. The number of halogens is 1. The van der Waals surface area contributed by atoms with Gasteiger partial charge in [0, 0.05) is 18.0 Å². The summed E-state index contributed by atoms with van der Waals surface area (Å²) < 4.78 is 23.7. The molecular formula is C20H22BFN4O4. The maximum atomic E-state index is 13.6. The van der Waals surface area contributed by atoms with E-state index in [-0.39, 0.29) is 17.5 Å². The average Bonchev–Trinajstić information content (AvgIpc) is 2.70. The fourth-order valence-corrected chi connectivity index (χ4v) is 2.87. The quantitative estimate of drug-likeness (QED) is 0.333. The van der Waals surface area contributed by atoms with Crippen LogP contribution >= 0.6 is 0 Å². The van der Waals surface area contributed by atoms with Gasteiger partial charge in [0.2, 0.25) is 0 Å². The number of methoxy groups -OCH3 is 1. The molecule has 0 saturated carbocycles. The van der Waals surface area contributed by atoms with Crippen molar-refractivity contribution in [1.82, 2.24) is 9.97 Å². The number of aromatic nitrogens is 2. The van der Waals surface area contributed by atoms with E-state index in [0.29, 0.717) is 34.6 Å². The van der Waals surface area contributed by atoms with Gasteiger partial charge in [-0.05, 0) is 41.8 Å². The van der Waals surface area contributed by atoms with Gasteiger partial charge in [-0.15, -0.1) is 0 Å². The van der Waals surface area contributed by atoms with Gasteiger partial charge in [-0.25, -0.2) is 19.4 Å². The predicted molar refractivity (Wildman–Crippen MR) is 113 cm³/mol. The number of hydrogen-bond donors (Lipinski definition) is 2. The fraction of sp³-hybridized carbons (Fsp3) is 0.250. The lowest BCUT2D eigenvalue weighted by molar-refractivity contribution is 0.279. The van der Waals surface area contributed by atoms with Crippen LogP contribution in [0.1, 0.15) is 19.4 Å². The minimum absolute atomic E-state index is 0.188. The van der Waals surface area contributed by atoms with Crippen LogP contribution in [0.2, 0.25) is 0 Å². The third-order valence-corrected chi connectivity index (χ3v) is 4.13. The molecule has 0 fully saturated rings. The Morgan fingerprint density at radius 3 is 2.67 bits per heavy atom. The van der Waals surface area contributed by atoms with E-state index in [4.69, 9.17) is 19.4 Å². The van der Waals surface area contributed by atoms with Gasteiger partial charge < -0.3 is 19.4 Å². The van der Waals surface area contributed by atoms with Crippen LogP contribution in [0, 0.1) is 11.7 Å². The van der Waals surface area contributed by atoms with Crippen LogP contribution in [0.25, 0.3) is 10.9 Å². The lowest BCUT2D eigenvalue weighted by Crippen LogP contribution is -2.23. The Balaban J connectivity index is 1.95. The van der Waals surface area contributed by atoms with Gasteiger partial charge in [-0.2, -0.15) is 5.10 Å². The number of hydrogen-bond acceptors (Lipinski definition) is 8. The van der Waals surface area contributed by atoms with Crippen molar-refractivity contribution < 1.29 is 23.8 Å². The summed E-state index contributed by atoms with van der Waals surface area (Å²) >= 11 is 0. The molecule has 0 spiro atoms. The first-order valence-electron chi connectivity index (χ1n) is 9.30. The molecule has 0 saturated heterocycles. The number of hydrazone groups is 1. The van der Waals surface area contributed by atoms with E-state index in [1.807, 2.05) is 0 Å². The second-order valence-electron chi connectivity index (χ2n) is 6.93. The number of fused-ring (bicyclic) bond motifs is 1. The van der Waals surface area contributed by atoms with Crippen molar-refractivity contribution in [3.8, 4) is 11.5 Å². The van der Waals surface area contributed by atoms with Crippen LogP contribution in [-0.4, -0.2) is 47.2 Å². The molecule has 0 amide bonds. The first-order valence-corrected chi connectivity index (χ1v) is 9.30. The molecule has 3 rings (SSSR count). The van der Waals surface area contributed by atoms with Gasteiger partial charge in [0.15, 0.2) is 11.6 Å². The monoisotopic (exact) mass is 412 g/mol. The van der Waals surface area contributed by atoms with Gasteiger partial charge in [0.25, 0.3) is 0 Å². The Bertz CT molecular complexity index is 1050. The molecule has 2 aromatic carbocycles. The normalized spacial score (nSPS) is 11.3. The molecule has 156 valence electrons. The molecule has 30 heavy (non-hydrogen) atoms. The zero-order chi connectivity index (χ0) is 21.7. The largest absolute Gasteiger partial charge is 0.707 e. The summed E-state index contributed by atoms with van der Waals surface area (Å²) in [5.74, 6) is 0.996. The summed E-state index contributed by atoms with van der Waals surface area (Å²) in [6.07, 6.45) is 3.01.